The number of amides is 1. The molecule has 0 aliphatic heterocycles. The molecular formula is C22H22BrN3O. The number of rotatable bonds is 5. The number of carbonyl (C=O) groups excluding carboxylic acids is 1. The van der Waals surface area contributed by atoms with Gasteiger partial charge in [-0.25, -0.2) is 0 Å². The smallest absolute Gasteiger partial charge is 0.228 e. The summed E-state index contributed by atoms with van der Waals surface area (Å²) in [6.45, 7) is 4.64. The first-order valence-electron chi connectivity index (χ1n) is 9.17. The number of aryl methyl sites for hydroxylation is 1. The maximum Gasteiger partial charge on any atom is 0.228 e. The van der Waals surface area contributed by atoms with E-state index >= 15 is 0 Å². The zero-order valence-corrected chi connectivity index (χ0v) is 17.0. The molecule has 2 aromatic carbocycles. The number of hydrogen-bond donors (Lipinski definition) is 1. The minimum Gasteiger partial charge on any atom is -0.323 e. The second kappa shape index (κ2) is 7.31. The van der Waals surface area contributed by atoms with Gasteiger partial charge in [-0.05, 0) is 49.4 Å². The fourth-order valence-corrected chi connectivity index (χ4v) is 3.83. The molecule has 1 aliphatic rings. The van der Waals surface area contributed by atoms with Gasteiger partial charge in [-0.15, -0.1) is 0 Å². The summed E-state index contributed by atoms with van der Waals surface area (Å²) in [6.07, 6.45) is 0.918. The lowest BCUT2D eigenvalue weighted by atomic mass is 10.1. The Morgan fingerprint density at radius 1 is 1.15 bits per heavy atom. The van der Waals surface area contributed by atoms with Crippen molar-refractivity contribution in [3.63, 3.8) is 0 Å². The van der Waals surface area contributed by atoms with Crippen LogP contribution in [-0.4, -0.2) is 15.7 Å². The molecule has 1 saturated carbocycles. The van der Waals surface area contributed by atoms with E-state index < -0.39 is 0 Å². The fourth-order valence-electron chi connectivity index (χ4n) is 3.56. The molecule has 2 unspecified atom stereocenters. The summed E-state index contributed by atoms with van der Waals surface area (Å²) in [6, 6.07) is 18.5. The van der Waals surface area contributed by atoms with Gasteiger partial charge in [0.25, 0.3) is 0 Å². The van der Waals surface area contributed by atoms with E-state index in [4.69, 9.17) is 0 Å². The van der Waals surface area contributed by atoms with Gasteiger partial charge in [-0.3, -0.25) is 9.48 Å². The van der Waals surface area contributed by atoms with Crippen molar-refractivity contribution in [3.05, 3.63) is 81.6 Å². The molecule has 2 atom stereocenters. The van der Waals surface area contributed by atoms with Gasteiger partial charge < -0.3 is 5.32 Å². The minimum atomic E-state index is 0.0565. The van der Waals surface area contributed by atoms with Crippen LogP contribution in [0.4, 0.5) is 5.69 Å². The Kier molecular flexibility index (Phi) is 4.87. The number of benzene rings is 2. The molecule has 1 aliphatic carbocycles. The molecule has 1 heterocycles. The largest absolute Gasteiger partial charge is 0.323 e. The third-order valence-corrected chi connectivity index (χ3v) is 5.76. The van der Waals surface area contributed by atoms with Gasteiger partial charge in [0.1, 0.15) is 0 Å². The molecule has 0 bridgehead atoms. The van der Waals surface area contributed by atoms with Crippen LogP contribution in [0.1, 0.15) is 34.9 Å². The van der Waals surface area contributed by atoms with Crippen molar-refractivity contribution in [1.29, 1.82) is 0 Å². The van der Waals surface area contributed by atoms with Crippen molar-refractivity contribution in [2.24, 2.45) is 5.92 Å². The molecule has 138 valence electrons. The highest BCUT2D eigenvalue weighted by Gasteiger charge is 2.44. The number of halogens is 1. The van der Waals surface area contributed by atoms with Crippen LogP contribution in [0.15, 0.2) is 59.1 Å². The lowest BCUT2D eigenvalue weighted by molar-refractivity contribution is -0.117. The highest BCUT2D eigenvalue weighted by molar-refractivity contribution is 9.10. The number of nitrogens with zero attached hydrogens (tertiary/aromatic N) is 2. The highest BCUT2D eigenvalue weighted by atomic mass is 79.9. The standard InChI is InChI=1S/C22H22BrN3O/c1-14-21(15(2)26(25-14)13-16-8-10-18(23)11-9-16)24-22(27)20-12-19(20)17-6-4-3-5-7-17/h3-11,19-20H,12-13H2,1-2H3,(H,24,27). The van der Waals surface area contributed by atoms with Gasteiger partial charge >= 0.3 is 0 Å². The number of anilines is 1. The summed E-state index contributed by atoms with van der Waals surface area (Å²) in [7, 11) is 0. The van der Waals surface area contributed by atoms with Crippen molar-refractivity contribution in [2.75, 3.05) is 5.32 Å². The highest BCUT2D eigenvalue weighted by Crippen LogP contribution is 2.48. The summed E-state index contributed by atoms with van der Waals surface area (Å²) in [5, 5.41) is 7.75. The number of aromatic nitrogens is 2. The summed E-state index contributed by atoms with van der Waals surface area (Å²) < 4.78 is 3.01. The van der Waals surface area contributed by atoms with Gasteiger partial charge in [-0.2, -0.15) is 5.10 Å². The Bertz CT molecular complexity index is 963. The first kappa shape index (κ1) is 18.0. The van der Waals surface area contributed by atoms with Crippen LogP contribution in [0.2, 0.25) is 0 Å². The average Bonchev–Trinajstić information content (AvgIpc) is 3.43. The molecule has 1 amide bonds. The number of nitrogens with one attached hydrogen (secondary N) is 1. The van der Waals surface area contributed by atoms with Crippen LogP contribution < -0.4 is 5.32 Å². The van der Waals surface area contributed by atoms with Crippen LogP contribution in [-0.2, 0) is 11.3 Å². The van der Waals surface area contributed by atoms with Crippen LogP contribution >= 0.6 is 15.9 Å². The van der Waals surface area contributed by atoms with E-state index in [-0.39, 0.29) is 11.8 Å². The van der Waals surface area contributed by atoms with E-state index in [0.29, 0.717) is 12.5 Å². The van der Waals surface area contributed by atoms with Gasteiger partial charge in [0, 0.05) is 10.4 Å². The maximum absolute atomic E-state index is 12.7. The quantitative estimate of drug-likeness (QED) is 0.623. The Hall–Kier alpha value is -2.40. The van der Waals surface area contributed by atoms with Gasteiger partial charge in [-0.1, -0.05) is 58.4 Å². The van der Waals surface area contributed by atoms with E-state index in [2.05, 4.69) is 50.6 Å². The second-order valence-electron chi connectivity index (χ2n) is 7.18. The molecule has 1 fully saturated rings. The van der Waals surface area contributed by atoms with Gasteiger partial charge in [0.05, 0.1) is 23.6 Å². The average molecular weight is 424 g/mol. The number of hydrogen-bond acceptors (Lipinski definition) is 2. The third-order valence-electron chi connectivity index (χ3n) is 5.23. The van der Waals surface area contributed by atoms with E-state index in [1.165, 1.54) is 11.1 Å². The lowest BCUT2D eigenvalue weighted by Gasteiger charge is -2.08. The van der Waals surface area contributed by atoms with Crippen LogP contribution in [0.3, 0.4) is 0 Å². The third kappa shape index (κ3) is 3.83. The van der Waals surface area contributed by atoms with Gasteiger partial charge in [0.2, 0.25) is 5.91 Å². The molecule has 0 spiro atoms. The molecule has 27 heavy (non-hydrogen) atoms. The molecule has 5 heteroatoms. The zero-order chi connectivity index (χ0) is 19.0. The summed E-state index contributed by atoms with van der Waals surface area (Å²) in [5.41, 5.74) is 5.11. The summed E-state index contributed by atoms with van der Waals surface area (Å²) >= 11 is 3.46. The first-order valence-corrected chi connectivity index (χ1v) is 9.96. The Labute approximate surface area is 167 Å². The van der Waals surface area contributed by atoms with Crippen molar-refractivity contribution in [1.82, 2.24) is 9.78 Å². The molecule has 1 aromatic heterocycles. The summed E-state index contributed by atoms with van der Waals surface area (Å²) in [5.74, 6) is 0.490. The molecule has 1 N–H and O–H groups in total. The van der Waals surface area contributed by atoms with E-state index in [9.17, 15) is 4.79 Å². The minimum absolute atomic E-state index is 0.0565. The first-order chi connectivity index (χ1) is 13.0. The predicted octanol–water partition coefficient (Wildman–Crippen LogP) is 5.05. The molecule has 4 rings (SSSR count). The molecule has 0 saturated heterocycles. The van der Waals surface area contributed by atoms with Crippen LogP contribution in [0, 0.1) is 19.8 Å². The fraction of sp³-hybridized carbons (Fsp3) is 0.273. The van der Waals surface area contributed by atoms with Crippen molar-refractivity contribution >= 4 is 27.5 Å². The normalized spacial score (nSPS) is 18.3. The maximum atomic E-state index is 12.7. The lowest BCUT2D eigenvalue weighted by Crippen LogP contribution is -2.16. The SMILES string of the molecule is Cc1nn(Cc2ccc(Br)cc2)c(C)c1NC(=O)C1CC1c1ccccc1. The second-order valence-corrected chi connectivity index (χ2v) is 8.09. The van der Waals surface area contributed by atoms with E-state index in [0.717, 1.165) is 28.0 Å². The Morgan fingerprint density at radius 2 is 1.85 bits per heavy atom. The van der Waals surface area contributed by atoms with Gasteiger partial charge in [0.15, 0.2) is 0 Å². The number of carbonyl (C=O) groups is 1. The molecule has 3 aromatic rings. The Morgan fingerprint density at radius 3 is 2.56 bits per heavy atom. The Balaban J connectivity index is 1.46. The van der Waals surface area contributed by atoms with Crippen molar-refractivity contribution in [2.45, 2.75) is 32.7 Å². The van der Waals surface area contributed by atoms with Crippen molar-refractivity contribution in [3.8, 4) is 0 Å². The van der Waals surface area contributed by atoms with Crippen LogP contribution in [0.25, 0.3) is 0 Å². The predicted molar refractivity (Wildman–Crippen MR) is 111 cm³/mol. The van der Waals surface area contributed by atoms with Crippen molar-refractivity contribution < 1.29 is 4.79 Å². The summed E-state index contributed by atoms with van der Waals surface area (Å²) in [4.78, 5) is 12.7. The van der Waals surface area contributed by atoms with Crippen LogP contribution in [0.5, 0.6) is 0 Å². The molecule has 0 radical (unpaired) electrons. The van der Waals surface area contributed by atoms with E-state index in [1.807, 2.05) is 48.9 Å². The molecular weight excluding hydrogens is 402 g/mol. The monoisotopic (exact) mass is 423 g/mol. The van der Waals surface area contributed by atoms with E-state index in [1.54, 1.807) is 0 Å². The zero-order valence-electron chi connectivity index (χ0n) is 15.4. The topological polar surface area (TPSA) is 46.9 Å². The molecule has 4 nitrogen and oxygen atoms in total.